The quantitative estimate of drug-likeness (QED) is 0.185. The molecule has 3 aromatic heterocycles. The van der Waals surface area contributed by atoms with Gasteiger partial charge in [0.05, 0.1) is 5.56 Å². The Morgan fingerprint density at radius 3 is 1.88 bits per heavy atom. The molecule has 0 amide bonds. The fourth-order valence-electron chi connectivity index (χ4n) is 7.57. The number of thiophene rings is 1. The lowest BCUT2D eigenvalue weighted by atomic mass is 9.99. The first-order chi connectivity index (χ1) is 25.7. The molecule has 0 aliphatic rings. The van der Waals surface area contributed by atoms with E-state index in [1.165, 1.54) is 30.9 Å². The summed E-state index contributed by atoms with van der Waals surface area (Å²) in [6.07, 6.45) is 0. The number of aromatic nitrogens is 3. The van der Waals surface area contributed by atoms with Gasteiger partial charge in [-0.05, 0) is 75.1 Å². The Labute approximate surface area is 302 Å². The van der Waals surface area contributed by atoms with Crippen LogP contribution < -0.4 is 0 Å². The number of benzene rings is 8. The predicted octanol–water partition coefficient (Wildman–Crippen LogP) is 13.1. The molecule has 0 saturated carbocycles. The molecule has 11 aromatic rings. The summed E-state index contributed by atoms with van der Waals surface area (Å²) >= 11 is 1.79. The van der Waals surface area contributed by atoms with Crippen LogP contribution in [0.3, 0.4) is 0 Å². The van der Waals surface area contributed by atoms with Crippen LogP contribution >= 0.6 is 11.3 Å². The van der Waals surface area contributed by atoms with Crippen LogP contribution in [0.4, 0.5) is 0 Å². The topological polar surface area (TPSA) is 51.8 Å². The molecule has 0 bridgehead atoms. The highest BCUT2D eigenvalue weighted by molar-refractivity contribution is 7.25. The standard InChI is InChI=1S/C47H27N3OS/c1-2-11-29-24-33(23-22-28(29)10-1)30-14-7-15-34(25-30)45-48-46(37-18-9-21-42-43(37)36-16-5-6-20-41(36)52-42)50-47(49-45)38-19-8-17-35-39-26-31-12-3-4-13-32(31)27-40(39)51-44(35)38/h1-27H. The summed E-state index contributed by atoms with van der Waals surface area (Å²) < 4.78 is 9.10. The fraction of sp³-hybridized carbons (Fsp3) is 0. The minimum Gasteiger partial charge on any atom is -0.455 e. The number of rotatable bonds is 4. The van der Waals surface area contributed by atoms with Crippen molar-refractivity contribution in [1.82, 2.24) is 15.0 Å². The van der Waals surface area contributed by atoms with Gasteiger partial charge in [0, 0.05) is 42.1 Å². The molecule has 0 spiro atoms. The highest BCUT2D eigenvalue weighted by Crippen LogP contribution is 2.41. The van der Waals surface area contributed by atoms with E-state index in [0.29, 0.717) is 17.5 Å². The Hall–Kier alpha value is -6.69. The van der Waals surface area contributed by atoms with Crippen LogP contribution in [0.25, 0.3) is 109 Å². The third-order valence-corrected chi connectivity index (χ3v) is 11.2. The maximum Gasteiger partial charge on any atom is 0.167 e. The summed E-state index contributed by atoms with van der Waals surface area (Å²) in [4.78, 5) is 15.7. The molecule has 0 N–H and O–H groups in total. The summed E-state index contributed by atoms with van der Waals surface area (Å²) in [5.74, 6) is 1.81. The van der Waals surface area contributed by atoms with Crippen molar-refractivity contribution < 1.29 is 4.42 Å². The number of hydrogen-bond acceptors (Lipinski definition) is 5. The van der Waals surface area contributed by atoms with Crippen LogP contribution in [0, 0.1) is 0 Å². The second-order valence-electron chi connectivity index (χ2n) is 13.2. The smallest absolute Gasteiger partial charge is 0.167 e. The lowest BCUT2D eigenvalue weighted by Gasteiger charge is -2.11. The second-order valence-corrected chi connectivity index (χ2v) is 14.3. The predicted molar refractivity (Wildman–Crippen MR) is 217 cm³/mol. The van der Waals surface area contributed by atoms with Crippen molar-refractivity contribution in [2.45, 2.75) is 0 Å². The van der Waals surface area contributed by atoms with Gasteiger partial charge in [0.15, 0.2) is 17.5 Å². The van der Waals surface area contributed by atoms with Crippen molar-refractivity contribution in [1.29, 1.82) is 0 Å². The Morgan fingerprint density at radius 1 is 0.385 bits per heavy atom. The molecule has 0 saturated heterocycles. The van der Waals surface area contributed by atoms with E-state index in [1.807, 2.05) is 0 Å². The average molecular weight is 682 g/mol. The molecule has 0 radical (unpaired) electrons. The van der Waals surface area contributed by atoms with Crippen molar-refractivity contribution in [3.05, 3.63) is 164 Å². The molecule has 0 aliphatic heterocycles. The molecule has 0 unspecified atom stereocenters. The van der Waals surface area contributed by atoms with Gasteiger partial charge in [-0.25, -0.2) is 15.0 Å². The summed E-state index contributed by atoms with van der Waals surface area (Å²) in [5, 5.41) is 9.21. The van der Waals surface area contributed by atoms with Crippen LogP contribution in [-0.2, 0) is 0 Å². The minimum atomic E-state index is 0.571. The molecule has 8 aromatic carbocycles. The number of fused-ring (bicyclic) bond motifs is 8. The number of para-hydroxylation sites is 1. The van der Waals surface area contributed by atoms with Crippen molar-refractivity contribution in [3.63, 3.8) is 0 Å². The van der Waals surface area contributed by atoms with Crippen LogP contribution in [0.2, 0.25) is 0 Å². The van der Waals surface area contributed by atoms with Crippen molar-refractivity contribution in [2.75, 3.05) is 0 Å². The van der Waals surface area contributed by atoms with E-state index < -0.39 is 0 Å². The van der Waals surface area contributed by atoms with Gasteiger partial charge in [-0.2, -0.15) is 0 Å². The summed E-state index contributed by atoms with van der Waals surface area (Å²) in [7, 11) is 0. The first-order valence-electron chi connectivity index (χ1n) is 17.3. The highest BCUT2D eigenvalue weighted by atomic mass is 32.1. The van der Waals surface area contributed by atoms with E-state index in [0.717, 1.165) is 60.5 Å². The molecule has 52 heavy (non-hydrogen) atoms. The number of nitrogens with zero attached hydrogens (tertiary/aromatic N) is 3. The Balaban J connectivity index is 1.15. The van der Waals surface area contributed by atoms with Crippen molar-refractivity contribution >= 4 is 75.0 Å². The first kappa shape index (κ1) is 29.1. The Morgan fingerprint density at radius 2 is 1.00 bits per heavy atom. The summed E-state index contributed by atoms with van der Waals surface area (Å²) in [6.45, 7) is 0. The Bertz CT molecular complexity index is 3210. The van der Waals surface area contributed by atoms with E-state index in [4.69, 9.17) is 19.4 Å². The first-order valence-corrected chi connectivity index (χ1v) is 18.2. The third kappa shape index (κ3) is 4.64. The molecular weight excluding hydrogens is 655 g/mol. The van der Waals surface area contributed by atoms with Gasteiger partial charge in [-0.3, -0.25) is 0 Å². The summed E-state index contributed by atoms with van der Waals surface area (Å²) in [5.41, 5.74) is 6.58. The number of furan rings is 1. The third-order valence-electron chi connectivity index (χ3n) is 10.1. The van der Waals surface area contributed by atoms with E-state index in [2.05, 4.69) is 164 Å². The number of hydrogen-bond donors (Lipinski definition) is 0. The molecule has 242 valence electrons. The van der Waals surface area contributed by atoms with Crippen molar-refractivity contribution in [2.24, 2.45) is 0 Å². The van der Waals surface area contributed by atoms with E-state index >= 15 is 0 Å². The van der Waals surface area contributed by atoms with Gasteiger partial charge in [0.25, 0.3) is 0 Å². The average Bonchev–Trinajstić information content (AvgIpc) is 3.77. The molecule has 11 rings (SSSR count). The van der Waals surface area contributed by atoms with E-state index in [-0.39, 0.29) is 0 Å². The van der Waals surface area contributed by atoms with E-state index in [9.17, 15) is 0 Å². The molecule has 0 fully saturated rings. The molecule has 5 heteroatoms. The van der Waals surface area contributed by atoms with Crippen LogP contribution in [0.15, 0.2) is 168 Å². The van der Waals surface area contributed by atoms with Gasteiger partial charge in [0.2, 0.25) is 0 Å². The van der Waals surface area contributed by atoms with Gasteiger partial charge in [-0.15, -0.1) is 11.3 Å². The second kappa shape index (κ2) is 11.4. The lowest BCUT2D eigenvalue weighted by molar-refractivity contribution is 0.670. The molecule has 0 atom stereocenters. The van der Waals surface area contributed by atoms with Gasteiger partial charge in [-0.1, -0.05) is 121 Å². The van der Waals surface area contributed by atoms with Gasteiger partial charge in [0.1, 0.15) is 11.2 Å². The minimum absolute atomic E-state index is 0.571. The Kier molecular flexibility index (Phi) is 6.39. The largest absolute Gasteiger partial charge is 0.455 e. The maximum atomic E-state index is 6.67. The van der Waals surface area contributed by atoms with Crippen LogP contribution in [-0.4, -0.2) is 15.0 Å². The van der Waals surface area contributed by atoms with Crippen LogP contribution in [0.5, 0.6) is 0 Å². The maximum absolute atomic E-state index is 6.67. The fourth-order valence-corrected chi connectivity index (χ4v) is 8.71. The SMILES string of the molecule is c1cc(-c2ccc3ccccc3c2)cc(-c2nc(-c3cccc4c3oc3cc5ccccc5cc34)nc(-c3cccc4sc5ccccc5c34)n2)c1. The lowest BCUT2D eigenvalue weighted by Crippen LogP contribution is -2.00. The van der Waals surface area contributed by atoms with Gasteiger partial charge < -0.3 is 4.42 Å². The zero-order valence-corrected chi connectivity index (χ0v) is 28.6. The highest BCUT2D eigenvalue weighted by Gasteiger charge is 2.20. The molecular formula is C47H27N3OS. The monoisotopic (exact) mass is 681 g/mol. The normalized spacial score (nSPS) is 11.8. The zero-order chi connectivity index (χ0) is 34.2. The molecule has 4 nitrogen and oxygen atoms in total. The summed E-state index contributed by atoms with van der Waals surface area (Å²) in [6, 6.07) is 57.5. The van der Waals surface area contributed by atoms with E-state index in [1.54, 1.807) is 11.3 Å². The van der Waals surface area contributed by atoms with Crippen LogP contribution in [0.1, 0.15) is 0 Å². The molecule has 3 heterocycles. The zero-order valence-electron chi connectivity index (χ0n) is 27.7. The molecule has 0 aliphatic carbocycles. The van der Waals surface area contributed by atoms with Crippen molar-refractivity contribution in [3.8, 4) is 45.3 Å². The van der Waals surface area contributed by atoms with Gasteiger partial charge >= 0.3 is 0 Å².